The molecule has 0 aliphatic heterocycles. The number of aryl methyl sites for hydroxylation is 1. The minimum atomic E-state index is -4.10. The van der Waals surface area contributed by atoms with Gasteiger partial charge in [0, 0.05) is 6.42 Å². The standard InChI is InChI=1S/C14H19F3O/c1-10(2)12-5-6-13(11(3)9-12)18-8-4-7-14(15,16)17/h5-6,9-10H,4,7-8H2,1-3H3. The fourth-order valence-corrected chi connectivity index (χ4v) is 1.65. The van der Waals surface area contributed by atoms with E-state index in [-0.39, 0.29) is 13.0 Å². The van der Waals surface area contributed by atoms with Gasteiger partial charge >= 0.3 is 6.18 Å². The average Bonchev–Trinajstić information content (AvgIpc) is 2.24. The highest BCUT2D eigenvalue weighted by atomic mass is 19.4. The van der Waals surface area contributed by atoms with E-state index in [4.69, 9.17) is 4.74 Å². The van der Waals surface area contributed by atoms with Crippen molar-refractivity contribution in [3.8, 4) is 5.75 Å². The number of ether oxygens (including phenoxy) is 1. The summed E-state index contributed by atoms with van der Waals surface area (Å²) >= 11 is 0. The molecule has 1 nitrogen and oxygen atoms in total. The first-order valence-electron chi connectivity index (χ1n) is 6.09. The number of alkyl halides is 3. The van der Waals surface area contributed by atoms with Gasteiger partial charge in [0.15, 0.2) is 0 Å². The first kappa shape index (κ1) is 14.9. The molecule has 0 amide bonds. The Hall–Kier alpha value is -1.19. The lowest BCUT2D eigenvalue weighted by atomic mass is 10.0. The zero-order valence-electron chi connectivity index (χ0n) is 11.0. The van der Waals surface area contributed by atoms with Gasteiger partial charge in [0.2, 0.25) is 0 Å². The second kappa shape index (κ2) is 6.12. The third-order valence-electron chi connectivity index (χ3n) is 2.73. The SMILES string of the molecule is Cc1cc(C(C)C)ccc1OCCCC(F)(F)F. The smallest absolute Gasteiger partial charge is 0.389 e. The summed E-state index contributed by atoms with van der Waals surface area (Å²) in [5, 5.41) is 0. The number of hydrogen-bond donors (Lipinski definition) is 0. The maximum Gasteiger partial charge on any atom is 0.389 e. The van der Waals surface area contributed by atoms with Crippen molar-refractivity contribution in [3.05, 3.63) is 29.3 Å². The molecule has 0 heterocycles. The molecular formula is C14H19F3O. The second-order valence-electron chi connectivity index (χ2n) is 4.75. The fourth-order valence-electron chi connectivity index (χ4n) is 1.65. The lowest BCUT2D eigenvalue weighted by Gasteiger charge is -2.12. The maximum atomic E-state index is 11.9. The van der Waals surface area contributed by atoms with Crippen LogP contribution in [0.4, 0.5) is 13.2 Å². The predicted octanol–water partition coefficient (Wildman–Crippen LogP) is 4.84. The van der Waals surface area contributed by atoms with Crippen LogP contribution in [0.1, 0.15) is 43.7 Å². The van der Waals surface area contributed by atoms with Gasteiger partial charge in [0.25, 0.3) is 0 Å². The normalized spacial score (nSPS) is 11.9. The van der Waals surface area contributed by atoms with E-state index in [0.29, 0.717) is 11.7 Å². The van der Waals surface area contributed by atoms with E-state index in [2.05, 4.69) is 13.8 Å². The lowest BCUT2D eigenvalue weighted by molar-refractivity contribution is -0.136. The van der Waals surface area contributed by atoms with Crippen LogP contribution < -0.4 is 4.74 Å². The first-order valence-corrected chi connectivity index (χ1v) is 6.09. The monoisotopic (exact) mass is 260 g/mol. The van der Waals surface area contributed by atoms with Gasteiger partial charge in [-0.05, 0) is 36.5 Å². The van der Waals surface area contributed by atoms with Crippen molar-refractivity contribution in [2.75, 3.05) is 6.61 Å². The van der Waals surface area contributed by atoms with Gasteiger partial charge in [-0.2, -0.15) is 13.2 Å². The number of halogens is 3. The van der Waals surface area contributed by atoms with Gasteiger partial charge in [-0.3, -0.25) is 0 Å². The molecule has 0 fully saturated rings. The van der Waals surface area contributed by atoms with Crippen molar-refractivity contribution in [2.45, 2.75) is 45.7 Å². The molecule has 0 aliphatic carbocycles. The molecule has 0 aliphatic rings. The van der Waals surface area contributed by atoms with Crippen molar-refractivity contribution >= 4 is 0 Å². The molecule has 0 saturated heterocycles. The Morgan fingerprint density at radius 2 is 1.89 bits per heavy atom. The number of benzene rings is 1. The molecule has 1 rings (SSSR count). The largest absolute Gasteiger partial charge is 0.493 e. The van der Waals surface area contributed by atoms with E-state index in [0.717, 1.165) is 5.56 Å². The molecule has 0 N–H and O–H groups in total. The van der Waals surface area contributed by atoms with E-state index >= 15 is 0 Å². The lowest BCUT2D eigenvalue weighted by Crippen LogP contribution is -2.10. The van der Waals surface area contributed by atoms with Gasteiger partial charge in [-0.15, -0.1) is 0 Å². The number of hydrogen-bond acceptors (Lipinski definition) is 1. The summed E-state index contributed by atoms with van der Waals surface area (Å²) in [6.07, 6.45) is -4.90. The molecule has 1 aromatic rings. The Morgan fingerprint density at radius 1 is 1.22 bits per heavy atom. The minimum Gasteiger partial charge on any atom is -0.493 e. The highest BCUT2D eigenvalue weighted by Gasteiger charge is 2.26. The van der Waals surface area contributed by atoms with Gasteiger partial charge in [-0.1, -0.05) is 26.0 Å². The average molecular weight is 260 g/mol. The van der Waals surface area contributed by atoms with E-state index in [9.17, 15) is 13.2 Å². The van der Waals surface area contributed by atoms with E-state index in [1.165, 1.54) is 5.56 Å². The van der Waals surface area contributed by atoms with Crippen LogP contribution in [0.15, 0.2) is 18.2 Å². The fraction of sp³-hybridized carbons (Fsp3) is 0.571. The maximum absolute atomic E-state index is 11.9. The summed E-state index contributed by atoms with van der Waals surface area (Å²) in [5.41, 5.74) is 2.17. The summed E-state index contributed by atoms with van der Waals surface area (Å²) in [6, 6.07) is 5.80. The van der Waals surface area contributed by atoms with E-state index in [1.54, 1.807) is 0 Å². The van der Waals surface area contributed by atoms with Crippen LogP contribution in [-0.2, 0) is 0 Å². The Bertz CT molecular complexity index is 383. The van der Waals surface area contributed by atoms with Crippen LogP contribution in [0.3, 0.4) is 0 Å². The highest BCUT2D eigenvalue weighted by Crippen LogP contribution is 2.25. The quantitative estimate of drug-likeness (QED) is 0.688. The van der Waals surface area contributed by atoms with Crippen molar-refractivity contribution < 1.29 is 17.9 Å². The van der Waals surface area contributed by atoms with Crippen molar-refractivity contribution in [1.82, 2.24) is 0 Å². The van der Waals surface area contributed by atoms with Gasteiger partial charge in [0.05, 0.1) is 6.61 Å². The summed E-state index contributed by atoms with van der Waals surface area (Å²) in [5.74, 6) is 1.10. The van der Waals surface area contributed by atoms with Crippen LogP contribution in [-0.4, -0.2) is 12.8 Å². The third-order valence-corrected chi connectivity index (χ3v) is 2.73. The third kappa shape index (κ3) is 4.98. The Morgan fingerprint density at radius 3 is 2.39 bits per heavy atom. The molecule has 0 radical (unpaired) electrons. The Labute approximate surface area is 106 Å². The molecule has 1 aromatic carbocycles. The van der Waals surface area contributed by atoms with Gasteiger partial charge in [-0.25, -0.2) is 0 Å². The molecule has 18 heavy (non-hydrogen) atoms. The zero-order valence-corrected chi connectivity index (χ0v) is 11.0. The molecule has 0 aromatic heterocycles. The molecular weight excluding hydrogens is 241 g/mol. The minimum absolute atomic E-state index is 0.00509. The first-order chi connectivity index (χ1) is 8.29. The van der Waals surface area contributed by atoms with Crippen LogP contribution in [0.25, 0.3) is 0 Å². The summed E-state index contributed by atoms with van der Waals surface area (Å²) in [7, 11) is 0. The van der Waals surface area contributed by atoms with Gasteiger partial charge in [0.1, 0.15) is 5.75 Å². The van der Waals surface area contributed by atoms with Gasteiger partial charge < -0.3 is 4.74 Å². The van der Waals surface area contributed by atoms with Crippen LogP contribution >= 0.6 is 0 Å². The molecule has 0 unspecified atom stereocenters. The van der Waals surface area contributed by atoms with Crippen molar-refractivity contribution in [1.29, 1.82) is 0 Å². The zero-order chi connectivity index (χ0) is 13.8. The van der Waals surface area contributed by atoms with E-state index in [1.807, 2.05) is 25.1 Å². The van der Waals surface area contributed by atoms with Crippen molar-refractivity contribution in [3.63, 3.8) is 0 Å². The van der Waals surface area contributed by atoms with Crippen molar-refractivity contribution in [2.24, 2.45) is 0 Å². The van der Waals surface area contributed by atoms with Crippen LogP contribution in [0.5, 0.6) is 5.75 Å². The molecule has 0 saturated carbocycles. The van der Waals surface area contributed by atoms with E-state index < -0.39 is 12.6 Å². The molecule has 0 atom stereocenters. The predicted molar refractivity (Wildman–Crippen MR) is 66.1 cm³/mol. The second-order valence-corrected chi connectivity index (χ2v) is 4.75. The molecule has 0 spiro atoms. The van der Waals surface area contributed by atoms with Crippen LogP contribution in [0, 0.1) is 6.92 Å². The Kier molecular flexibility index (Phi) is 5.05. The molecule has 102 valence electrons. The van der Waals surface area contributed by atoms with Crippen LogP contribution in [0.2, 0.25) is 0 Å². The Balaban J connectivity index is 2.48. The molecule has 0 bridgehead atoms. The number of rotatable bonds is 5. The topological polar surface area (TPSA) is 9.23 Å². The molecule has 4 heteroatoms. The summed E-state index contributed by atoms with van der Waals surface area (Å²) in [6.45, 7) is 6.20. The highest BCUT2D eigenvalue weighted by molar-refractivity contribution is 5.37. The summed E-state index contributed by atoms with van der Waals surface area (Å²) < 4.78 is 41.2. The summed E-state index contributed by atoms with van der Waals surface area (Å²) in [4.78, 5) is 0.